The number of nitrogens with zero attached hydrogens (tertiary/aromatic N) is 3. The summed E-state index contributed by atoms with van der Waals surface area (Å²) in [5, 5.41) is 10.5. The lowest BCUT2D eigenvalue weighted by molar-refractivity contribution is -0.173. The summed E-state index contributed by atoms with van der Waals surface area (Å²) in [4.78, 5) is 14.4. The Morgan fingerprint density at radius 2 is 2.06 bits per heavy atom. The number of fused-ring (bicyclic) bond motifs is 1. The number of likely N-dealkylation sites (tertiary alicyclic amines) is 1. The number of amides is 1. The lowest BCUT2D eigenvalue weighted by atomic mass is 10.0. The molecule has 0 saturated carbocycles. The fourth-order valence-electron chi connectivity index (χ4n) is 4.60. The summed E-state index contributed by atoms with van der Waals surface area (Å²) < 4.78 is 41.9. The van der Waals surface area contributed by atoms with Crippen LogP contribution in [-0.4, -0.2) is 59.0 Å². The zero-order valence-corrected chi connectivity index (χ0v) is 18.2. The predicted octanol–water partition coefficient (Wildman–Crippen LogP) is 3.73. The van der Waals surface area contributed by atoms with E-state index in [0.717, 1.165) is 24.1 Å². The van der Waals surface area contributed by atoms with E-state index in [-0.39, 0.29) is 24.3 Å². The molecule has 1 aromatic carbocycles. The maximum Gasteiger partial charge on any atom is 0.410 e. The van der Waals surface area contributed by atoms with Gasteiger partial charge in [0, 0.05) is 31.1 Å². The van der Waals surface area contributed by atoms with E-state index >= 15 is 0 Å². The minimum absolute atomic E-state index is 0.00589. The molecule has 0 aliphatic carbocycles. The molecule has 2 aliphatic rings. The standard InChI is InChI=1S/C23H30F3N5O/c1-2-18-12-20(23(24,25)26)31-21(28-18)13-19(29-31)17-9-11-30(14-17)15-22(32)27-10-8-16-6-4-3-5-7-16/h3-7,13,17-18,20,28H,2,8-12,14-15H2,1H3,(H,27,32)/t17-,18+,20-/m1/s1. The number of hydrogen-bond acceptors (Lipinski definition) is 4. The van der Waals surface area contributed by atoms with Crippen LogP contribution in [0.3, 0.4) is 0 Å². The minimum atomic E-state index is -4.33. The third kappa shape index (κ3) is 5.26. The normalized spacial score (nSPS) is 23.6. The van der Waals surface area contributed by atoms with Gasteiger partial charge in [0.1, 0.15) is 5.82 Å². The maximum absolute atomic E-state index is 13.6. The molecule has 3 heterocycles. The fourth-order valence-corrected chi connectivity index (χ4v) is 4.60. The lowest BCUT2D eigenvalue weighted by Crippen LogP contribution is -2.38. The SMILES string of the molecule is CC[C@H]1C[C@H](C(F)(F)F)n2nc([C@@H]3CCN(CC(=O)NCCc4ccccc4)C3)cc2N1. The molecule has 2 N–H and O–H groups in total. The molecule has 6 nitrogen and oxygen atoms in total. The molecule has 0 radical (unpaired) electrons. The summed E-state index contributed by atoms with van der Waals surface area (Å²) >= 11 is 0. The highest BCUT2D eigenvalue weighted by atomic mass is 19.4. The van der Waals surface area contributed by atoms with Gasteiger partial charge in [-0.15, -0.1) is 0 Å². The van der Waals surface area contributed by atoms with Gasteiger partial charge in [-0.05, 0) is 37.8 Å². The largest absolute Gasteiger partial charge is 0.410 e. The molecule has 2 aliphatic heterocycles. The van der Waals surface area contributed by atoms with Crippen LogP contribution < -0.4 is 10.6 Å². The van der Waals surface area contributed by atoms with Crippen LogP contribution in [0, 0.1) is 0 Å². The van der Waals surface area contributed by atoms with Crippen molar-refractivity contribution in [3.05, 3.63) is 47.7 Å². The molecule has 2 aromatic rings. The number of carbonyl (C=O) groups is 1. The van der Waals surface area contributed by atoms with Crippen LogP contribution in [0.25, 0.3) is 0 Å². The van der Waals surface area contributed by atoms with E-state index in [9.17, 15) is 18.0 Å². The van der Waals surface area contributed by atoms with Gasteiger partial charge in [-0.2, -0.15) is 18.3 Å². The molecule has 0 unspecified atom stereocenters. The van der Waals surface area contributed by atoms with E-state index < -0.39 is 12.2 Å². The highest BCUT2D eigenvalue weighted by Crippen LogP contribution is 2.41. The maximum atomic E-state index is 13.6. The van der Waals surface area contributed by atoms with Crippen LogP contribution >= 0.6 is 0 Å². The van der Waals surface area contributed by atoms with Crippen LogP contribution in [0.4, 0.5) is 19.0 Å². The summed E-state index contributed by atoms with van der Waals surface area (Å²) in [6, 6.07) is 9.93. The van der Waals surface area contributed by atoms with Crippen molar-refractivity contribution in [3.63, 3.8) is 0 Å². The lowest BCUT2D eigenvalue weighted by Gasteiger charge is -2.32. The van der Waals surface area contributed by atoms with Crippen LogP contribution in [0.5, 0.6) is 0 Å². The van der Waals surface area contributed by atoms with Crippen LogP contribution in [0.2, 0.25) is 0 Å². The van der Waals surface area contributed by atoms with Crippen molar-refractivity contribution in [2.24, 2.45) is 0 Å². The number of nitrogens with one attached hydrogen (secondary N) is 2. The molecule has 3 atom stereocenters. The van der Waals surface area contributed by atoms with Gasteiger partial charge in [0.15, 0.2) is 6.04 Å². The van der Waals surface area contributed by atoms with Crippen LogP contribution in [0.1, 0.15) is 49.4 Å². The molecule has 0 spiro atoms. The third-order valence-electron chi connectivity index (χ3n) is 6.42. The highest BCUT2D eigenvalue weighted by molar-refractivity contribution is 5.78. The van der Waals surface area contributed by atoms with E-state index in [0.29, 0.717) is 37.6 Å². The Hall–Kier alpha value is -2.55. The molecule has 0 bridgehead atoms. The van der Waals surface area contributed by atoms with Crippen molar-refractivity contribution in [1.82, 2.24) is 20.0 Å². The van der Waals surface area contributed by atoms with Gasteiger partial charge >= 0.3 is 6.18 Å². The molecule has 1 saturated heterocycles. The zero-order chi connectivity index (χ0) is 22.7. The Bertz CT molecular complexity index is 914. The van der Waals surface area contributed by atoms with Crippen LogP contribution in [-0.2, 0) is 11.2 Å². The van der Waals surface area contributed by atoms with Crippen molar-refractivity contribution in [2.45, 2.75) is 56.8 Å². The third-order valence-corrected chi connectivity index (χ3v) is 6.42. The molecule has 1 amide bonds. The number of benzene rings is 1. The first-order chi connectivity index (χ1) is 15.3. The van der Waals surface area contributed by atoms with E-state index in [4.69, 9.17) is 0 Å². The topological polar surface area (TPSA) is 62.2 Å². The summed E-state index contributed by atoms with van der Waals surface area (Å²) in [5.74, 6) is 0.439. The Balaban J connectivity index is 1.32. The van der Waals surface area contributed by atoms with Crippen molar-refractivity contribution < 1.29 is 18.0 Å². The van der Waals surface area contributed by atoms with Gasteiger partial charge in [0.05, 0.1) is 12.2 Å². The summed E-state index contributed by atoms with van der Waals surface area (Å²) in [6.45, 7) is 4.11. The molecular weight excluding hydrogens is 419 g/mol. The van der Waals surface area contributed by atoms with Gasteiger partial charge in [-0.1, -0.05) is 37.3 Å². The monoisotopic (exact) mass is 449 g/mol. The first-order valence-electron chi connectivity index (χ1n) is 11.3. The number of aromatic nitrogens is 2. The number of hydrogen-bond donors (Lipinski definition) is 2. The predicted molar refractivity (Wildman–Crippen MR) is 117 cm³/mol. The van der Waals surface area contributed by atoms with Crippen molar-refractivity contribution in [2.75, 3.05) is 31.5 Å². The summed E-state index contributed by atoms with van der Waals surface area (Å²) in [7, 11) is 0. The Labute approximate surface area is 186 Å². The number of anilines is 1. The first kappa shape index (κ1) is 22.6. The van der Waals surface area contributed by atoms with E-state index in [1.165, 1.54) is 5.56 Å². The van der Waals surface area contributed by atoms with Crippen molar-refractivity contribution in [1.29, 1.82) is 0 Å². The van der Waals surface area contributed by atoms with E-state index in [1.54, 1.807) is 6.07 Å². The summed E-state index contributed by atoms with van der Waals surface area (Å²) in [5.41, 5.74) is 1.85. The molecule has 4 rings (SSSR count). The van der Waals surface area contributed by atoms with Gasteiger partial charge in [-0.25, -0.2) is 4.68 Å². The zero-order valence-electron chi connectivity index (χ0n) is 18.2. The van der Waals surface area contributed by atoms with E-state index in [1.807, 2.05) is 42.2 Å². The number of carbonyl (C=O) groups excluding carboxylic acids is 1. The quantitative estimate of drug-likeness (QED) is 0.676. The second-order valence-corrected chi connectivity index (χ2v) is 8.75. The molecular formula is C23H30F3N5O. The molecule has 174 valence electrons. The van der Waals surface area contributed by atoms with Gasteiger partial charge < -0.3 is 10.6 Å². The summed E-state index contributed by atoms with van der Waals surface area (Å²) in [6.07, 6.45) is -2.14. The molecule has 32 heavy (non-hydrogen) atoms. The number of halogens is 3. The second kappa shape index (κ2) is 9.52. The molecule has 1 fully saturated rings. The highest BCUT2D eigenvalue weighted by Gasteiger charge is 2.46. The van der Waals surface area contributed by atoms with Gasteiger partial charge in [-0.3, -0.25) is 9.69 Å². The average Bonchev–Trinajstić information content (AvgIpc) is 3.39. The Kier molecular flexibility index (Phi) is 6.74. The molecule has 9 heteroatoms. The molecule has 1 aromatic heterocycles. The van der Waals surface area contributed by atoms with Crippen molar-refractivity contribution in [3.8, 4) is 0 Å². The van der Waals surface area contributed by atoms with Crippen molar-refractivity contribution >= 4 is 11.7 Å². The average molecular weight is 450 g/mol. The first-order valence-corrected chi connectivity index (χ1v) is 11.3. The van der Waals surface area contributed by atoms with Gasteiger partial charge in [0.25, 0.3) is 0 Å². The number of rotatable bonds is 7. The van der Waals surface area contributed by atoms with Crippen LogP contribution in [0.15, 0.2) is 36.4 Å². The Morgan fingerprint density at radius 1 is 1.28 bits per heavy atom. The van der Waals surface area contributed by atoms with Gasteiger partial charge in [0.2, 0.25) is 5.91 Å². The smallest absolute Gasteiger partial charge is 0.367 e. The second-order valence-electron chi connectivity index (χ2n) is 8.75. The van der Waals surface area contributed by atoms with E-state index in [2.05, 4.69) is 15.7 Å². The fraction of sp³-hybridized carbons (Fsp3) is 0.565. The Morgan fingerprint density at radius 3 is 2.78 bits per heavy atom. The minimum Gasteiger partial charge on any atom is -0.367 e. The number of alkyl halides is 3.